The first kappa shape index (κ1) is 12.8. The van der Waals surface area contributed by atoms with Gasteiger partial charge in [0, 0.05) is 3.57 Å². The summed E-state index contributed by atoms with van der Waals surface area (Å²) in [4.78, 5) is 11.7. The Bertz CT molecular complexity index is 432. The van der Waals surface area contributed by atoms with E-state index in [1.54, 1.807) is 6.07 Å². The molecule has 16 heavy (non-hydrogen) atoms. The first-order valence-electron chi connectivity index (χ1n) is 4.56. The number of aryl methyl sites for hydroxylation is 1. The lowest BCUT2D eigenvalue weighted by Gasteiger charge is -2.07. The third-order valence-corrected chi connectivity index (χ3v) is 3.43. The monoisotopic (exact) mass is 333 g/mol. The summed E-state index contributed by atoms with van der Waals surface area (Å²) in [6, 6.07) is 5.48. The van der Waals surface area contributed by atoms with Crippen molar-refractivity contribution in [2.45, 2.75) is 6.92 Å². The van der Waals surface area contributed by atoms with Crippen LogP contribution < -0.4 is 11.1 Å². The van der Waals surface area contributed by atoms with Crippen molar-refractivity contribution < 1.29 is 10.0 Å². The van der Waals surface area contributed by atoms with Gasteiger partial charge in [-0.05, 0) is 41.1 Å². The zero-order valence-electron chi connectivity index (χ0n) is 8.70. The average Bonchev–Trinajstić information content (AvgIpc) is 2.29. The average molecular weight is 333 g/mol. The number of nitrogens with zero attached hydrogens (tertiary/aromatic N) is 1. The number of hydrogen-bond acceptors (Lipinski definition) is 3. The topological polar surface area (TPSA) is 87.7 Å². The number of halogens is 1. The molecule has 86 valence electrons. The van der Waals surface area contributed by atoms with Crippen LogP contribution in [0.5, 0.6) is 0 Å². The third-order valence-electron chi connectivity index (χ3n) is 1.99. The van der Waals surface area contributed by atoms with E-state index in [1.165, 1.54) is 0 Å². The molecule has 1 rings (SSSR count). The molecule has 1 amide bonds. The summed E-state index contributed by atoms with van der Waals surface area (Å²) in [7, 11) is 0. The highest BCUT2D eigenvalue weighted by molar-refractivity contribution is 14.1. The summed E-state index contributed by atoms with van der Waals surface area (Å²) in [5, 5.41) is 13.7. The van der Waals surface area contributed by atoms with Crippen LogP contribution in [0.4, 0.5) is 0 Å². The number of amides is 1. The second kappa shape index (κ2) is 5.69. The Morgan fingerprint density at radius 1 is 1.62 bits per heavy atom. The number of rotatable bonds is 3. The molecule has 5 nitrogen and oxygen atoms in total. The van der Waals surface area contributed by atoms with Crippen molar-refractivity contribution in [2.75, 3.05) is 6.54 Å². The number of amidine groups is 1. The highest BCUT2D eigenvalue weighted by Crippen LogP contribution is 2.16. The maximum Gasteiger partial charge on any atom is 0.252 e. The lowest BCUT2D eigenvalue weighted by atomic mass is 10.1. The zero-order valence-corrected chi connectivity index (χ0v) is 10.9. The van der Waals surface area contributed by atoms with Gasteiger partial charge in [0.1, 0.15) is 0 Å². The summed E-state index contributed by atoms with van der Waals surface area (Å²) in [6.45, 7) is 1.96. The molecule has 0 aromatic heterocycles. The molecular weight excluding hydrogens is 321 g/mol. The molecule has 0 saturated heterocycles. The van der Waals surface area contributed by atoms with Crippen molar-refractivity contribution in [2.24, 2.45) is 10.9 Å². The minimum atomic E-state index is -0.236. The molecule has 0 aliphatic heterocycles. The Kier molecular flexibility index (Phi) is 4.53. The normalized spacial score (nSPS) is 11.2. The largest absolute Gasteiger partial charge is 0.409 e. The molecule has 6 heteroatoms. The highest BCUT2D eigenvalue weighted by atomic mass is 127. The molecule has 0 unspecified atom stereocenters. The summed E-state index contributed by atoms with van der Waals surface area (Å²) < 4.78 is 0.900. The van der Waals surface area contributed by atoms with Gasteiger partial charge in [0.2, 0.25) is 0 Å². The molecule has 0 bridgehead atoms. The van der Waals surface area contributed by atoms with Crippen LogP contribution in [0.15, 0.2) is 23.4 Å². The predicted molar refractivity (Wildman–Crippen MR) is 69.6 cm³/mol. The van der Waals surface area contributed by atoms with Crippen molar-refractivity contribution in [1.29, 1.82) is 0 Å². The second-order valence-corrected chi connectivity index (χ2v) is 4.29. The van der Waals surface area contributed by atoms with Crippen molar-refractivity contribution >= 4 is 34.3 Å². The standard InChI is InChI=1S/C10H12IN3O2/c1-6-3-2-4-7(9(6)11)10(15)13-5-8(12)14-16/h2-4,16H,5H2,1H3,(H2,12,14)(H,13,15). The molecule has 0 saturated carbocycles. The zero-order chi connectivity index (χ0) is 12.1. The van der Waals surface area contributed by atoms with Crippen molar-refractivity contribution in [3.8, 4) is 0 Å². The van der Waals surface area contributed by atoms with Gasteiger partial charge in [-0.3, -0.25) is 4.79 Å². The lowest BCUT2D eigenvalue weighted by Crippen LogP contribution is -2.34. The SMILES string of the molecule is Cc1cccc(C(=O)NC/C(N)=N/O)c1I. The van der Waals surface area contributed by atoms with E-state index in [2.05, 4.69) is 33.1 Å². The number of oxime groups is 1. The predicted octanol–water partition coefficient (Wildman–Crippen LogP) is 1.08. The summed E-state index contributed by atoms with van der Waals surface area (Å²) in [5.74, 6) is -0.268. The molecule has 0 radical (unpaired) electrons. The number of carbonyl (C=O) groups is 1. The Labute approximate surface area is 107 Å². The van der Waals surface area contributed by atoms with Crippen LogP contribution in [0.2, 0.25) is 0 Å². The highest BCUT2D eigenvalue weighted by Gasteiger charge is 2.10. The van der Waals surface area contributed by atoms with E-state index in [9.17, 15) is 4.79 Å². The summed E-state index contributed by atoms with van der Waals surface area (Å²) in [5.41, 5.74) is 6.88. The van der Waals surface area contributed by atoms with E-state index in [-0.39, 0.29) is 18.3 Å². The van der Waals surface area contributed by atoms with Gasteiger partial charge < -0.3 is 16.3 Å². The van der Waals surface area contributed by atoms with Gasteiger partial charge in [-0.1, -0.05) is 17.3 Å². The number of hydrogen-bond donors (Lipinski definition) is 3. The maximum absolute atomic E-state index is 11.7. The van der Waals surface area contributed by atoms with E-state index < -0.39 is 0 Å². The van der Waals surface area contributed by atoms with Crippen LogP contribution >= 0.6 is 22.6 Å². The Morgan fingerprint density at radius 3 is 2.94 bits per heavy atom. The molecular formula is C10H12IN3O2. The maximum atomic E-state index is 11.7. The molecule has 0 aliphatic rings. The van der Waals surface area contributed by atoms with Gasteiger partial charge in [0.25, 0.3) is 5.91 Å². The summed E-state index contributed by atoms with van der Waals surface area (Å²) in [6.07, 6.45) is 0. The van der Waals surface area contributed by atoms with E-state index in [4.69, 9.17) is 10.9 Å². The fourth-order valence-electron chi connectivity index (χ4n) is 1.12. The van der Waals surface area contributed by atoms with Crippen LogP contribution in [0.25, 0.3) is 0 Å². The van der Waals surface area contributed by atoms with E-state index in [1.807, 2.05) is 19.1 Å². The van der Waals surface area contributed by atoms with E-state index in [0.29, 0.717) is 5.56 Å². The van der Waals surface area contributed by atoms with Crippen molar-refractivity contribution in [3.63, 3.8) is 0 Å². The molecule has 0 atom stereocenters. The van der Waals surface area contributed by atoms with Crippen molar-refractivity contribution in [1.82, 2.24) is 5.32 Å². The quantitative estimate of drug-likeness (QED) is 0.254. The number of benzene rings is 1. The van der Waals surface area contributed by atoms with Crippen molar-refractivity contribution in [3.05, 3.63) is 32.9 Å². The van der Waals surface area contributed by atoms with E-state index in [0.717, 1.165) is 9.13 Å². The third kappa shape index (κ3) is 3.09. The number of carbonyl (C=O) groups excluding carboxylic acids is 1. The fourth-order valence-corrected chi connectivity index (χ4v) is 1.73. The van der Waals surface area contributed by atoms with Gasteiger partial charge in [0.05, 0.1) is 12.1 Å². The van der Waals surface area contributed by atoms with Gasteiger partial charge in [0.15, 0.2) is 5.84 Å². The first-order valence-corrected chi connectivity index (χ1v) is 5.64. The minimum absolute atomic E-state index is 0.0271. The molecule has 0 heterocycles. The molecule has 1 aromatic carbocycles. The van der Waals surface area contributed by atoms with Gasteiger partial charge in [-0.25, -0.2) is 0 Å². The van der Waals surface area contributed by atoms with Crippen LogP contribution in [0.1, 0.15) is 15.9 Å². The van der Waals surface area contributed by atoms with Crippen LogP contribution in [-0.2, 0) is 0 Å². The second-order valence-electron chi connectivity index (χ2n) is 3.21. The first-order chi connectivity index (χ1) is 7.56. The van der Waals surface area contributed by atoms with Crippen LogP contribution in [0, 0.1) is 10.5 Å². The summed E-state index contributed by atoms with van der Waals surface area (Å²) >= 11 is 2.11. The fraction of sp³-hybridized carbons (Fsp3) is 0.200. The van der Waals surface area contributed by atoms with Crippen LogP contribution in [-0.4, -0.2) is 23.5 Å². The minimum Gasteiger partial charge on any atom is -0.409 e. The van der Waals surface area contributed by atoms with Crippen LogP contribution in [0.3, 0.4) is 0 Å². The number of nitrogens with one attached hydrogen (secondary N) is 1. The Morgan fingerprint density at radius 2 is 2.31 bits per heavy atom. The van der Waals surface area contributed by atoms with Gasteiger partial charge in [-0.15, -0.1) is 0 Å². The van der Waals surface area contributed by atoms with Gasteiger partial charge >= 0.3 is 0 Å². The Hall–Kier alpha value is -1.31. The number of nitrogens with two attached hydrogens (primary N) is 1. The smallest absolute Gasteiger partial charge is 0.252 e. The molecule has 0 aliphatic carbocycles. The molecule has 0 fully saturated rings. The Balaban J connectivity index is 2.78. The molecule has 0 spiro atoms. The molecule has 1 aromatic rings. The molecule has 4 N–H and O–H groups in total. The van der Waals surface area contributed by atoms with Gasteiger partial charge in [-0.2, -0.15) is 0 Å². The van der Waals surface area contributed by atoms with E-state index >= 15 is 0 Å². The lowest BCUT2D eigenvalue weighted by molar-refractivity contribution is 0.0958.